The number of benzene rings is 2. The van der Waals surface area contributed by atoms with Crippen LogP contribution < -0.4 is 0 Å². The number of fused-ring (bicyclic) bond motifs is 2. The molecule has 4 rings (SSSR count). The molecular formula is C22H27N3O6S2. The molecule has 9 nitrogen and oxygen atoms in total. The standard InChI is InChI=1S/C22H27N3O6S2/c1-17-3-7-20(8-4-17)32(28,29)23-12-11-19-13-22(15-23,25(26)27)16-24(14-19)33(30,31)21-9-5-18(2)6-10-21/h3-10,19H,11-16H2,1-2H3. The van der Waals surface area contributed by atoms with Gasteiger partial charge >= 0.3 is 0 Å². The monoisotopic (exact) mass is 493 g/mol. The summed E-state index contributed by atoms with van der Waals surface area (Å²) >= 11 is 0. The van der Waals surface area contributed by atoms with Crippen LogP contribution in [0.25, 0.3) is 0 Å². The SMILES string of the molecule is Cc1ccc(S(=O)(=O)N2CCC3CN(S(=O)(=O)c4ccc(C)cc4)CC([N+](=O)[O-])(C3)C2)cc1. The predicted molar refractivity (Wildman–Crippen MR) is 122 cm³/mol. The van der Waals surface area contributed by atoms with Gasteiger partial charge in [0, 0.05) is 24.4 Å². The Hall–Kier alpha value is -2.34. The lowest BCUT2D eigenvalue weighted by molar-refractivity contribution is -0.573. The summed E-state index contributed by atoms with van der Waals surface area (Å²) in [7, 11) is -7.92. The van der Waals surface area contributed by atoms with Crippen LogP contribution in [0.5, 0.6) is 0 Å². The number of rotatable bonds is 5. The predicted octanol–water partition coefficient (Wildman–Crippen LogP) is 2.42. The molecule has 0 spiro atoms. The minimum atomic E-state index is -3.96. The largest absolute Gasteiger partial charge is 0.264 e. The van der Waals surface area contributed by atoms with Crippen molar-refractivity contribution in [3.63, 3.8) is 0 Å². The van der Waals surface area contributed by atoms with E-state index in [0.29, 0.717) is 6.42 Å². The molecule has 2 aliphatic rings. The van der Waals surface area contributed by atoms with Crippen LogP contribution in [0, 0.1) is 29.9 Å². The normalized spacial score (nSPS) is 24.8. The summed E-state index contributed by atoms with van der Waals surface area (Å²) in [6.07, 6.45) is 0.487. The zero-order valence-corrected chi connectivity index (χ0v) is 20.2. The van der Waals surface area contributed by atoms with Crippen molar-refractivity contribution >= 4 is 20.0 Å². The lowest BCUT2D eigenvalue weighted by Crippen LogP contribution is -2.60. The van der Waals surface area contributed by atoms with Crippen LogP contribution in [-0.4, -0.2) is 62.1 Å². The highest BCUT2D eigenvalue weighted by Gasteiger charge is 2.56. The fourth-order valence-corrected chi connectivity index (χ4v) is 7.82. The van der Waals surface area contributed by atoms with E-state index in [0.717, 1.165) is 19.7 Å². The van der Waals surface area contributed by atoms with Crippen LogP contribution in [0.4, 0.5) is 0 Å². The Bertz CT molecular complexity index is 1190. The fourth-order valence-electron chi connectivity index (χ4n) is 4.69. The van der Waals surface area contributed by atoms with Crippen molar-refractivity contribution < 1.29 is 21.8 Å². The summed E-state index contributed by atoms with van der Waals surface area (Å²) in [6.45, 7) is 3.19. The highest BCUT2D eigenvalue weighted by molar-refractivity contribution is 7.89. The molecule has 0 N–H and O–H groups in total. The van der Waals surface area contributed by atoms with Crippen molar-refractivity contribution in [2.45, 2.75) is 42.0 Å². The van der Waals surface area contributed by atoms with E-state index in [4.69, 9.17) is 0 Å². The van der Waals surface area contributed by atoms with Crippen molar-refractivity contribution in [1.82, 2.24) is 8.61 Å². The third-order valence-corrected chi connectivity index (χ3v) is 10.2. The van der Waals surface area contributed by atoms with E-state index in [9.17, 15) is 26.9 Å². The Kier molecular flexibility index (Phi) is 6.10. The fraction of sp³-hybridized carbons (Fsp3) is 0.455. The summed E-state index contributed by atoms with van der Waals surface area (Å²) in [6, 6.07) is 12.7. The van der Waals surface area contributed by atoms with Gasteiger partial charge in [-0.05, 0) is 50.5 Å². The average Bonchev–Trinajstić information content (AvgIpc) is 2.90. The topological polar surface area (TPSA) is 118 Å². The second-order valence-electron chi connectivity index (χ2n) is 9.10. The first-order valence-electron chi connectivity index (χ1n) is 10.7. The highest BCUT2D eigenvalue weighted by Crippen LogP contribution is 2.38. The van der Waals surface area contributed by atoms with Gasteiger partial charge in [-0.25, -0.2) is 16.8 Å². The van der Waals surface area contributed by atoms with Gasteiger partial charge in [-0.1, -0.05) is 35.4 Å². The van der Waals surface area contributed by atoms with E-state index < -0.39 is 30.5 Å². The number of aryl methyl sites for hydroxylation is 2. The van der Waals surface area contributed by atoms with Crippen LogP contribution in [-0.2, 0) is 20.0 Å². The van der Waals surface area contributed by atoms with Crippen LogP contribution in [0.1, 0.15) is 24.0 Å². The van der Waals surface area contributed by atoms with E-state index in [1.54, 1.807) is 24.3 Å². The number of piperidine rings is 1. The maximum Gasteiger partial charge on any atom is 0.249 e. The van der Waals surface area contributed by atoms with Gasteiger partial charge in [0.1, 0.15) is 0 Å². The molecular weight excluding hydrogens is 466 g/mol. The van der Waals surface area contributed by atoms with Crippen LogP contribution in [0.2, 0.25) is 0 Å². The number of nitro groups is 1. The Morgan fingerprint density at radius 1 is 0.848 bits per heavy atom. The molecule has 0 amide bonds. The quantitative estimate of drug-likeness (QED) is 0.466. The third-order valence-electron chi connectivity index (χ3n) is 6.56. The summed E-state index contributed by atoms with van der Waals surface area (Å²) in [4.78, 5) is 12.0. The molecule has 2 aromatic rings. The lowest BCUT2D eigenvalue weighted by atomic mass is 9.84. The van der Waals surface area contributed by atoms with Gasteiger partial charge in [0.2, 0.25) is 25.6 Å². The molecule has 2 unspecified atom stereocenters. The van der Waals surface area contributed by atoms with Crippen molar-refractivity contribution in [2.75, 3.05) is 26.2 Å². The Morgan fingerprint density at radius 3 is 1.79 bits per heavy atom. The molecule has 0 aromatic heterocycles. The van der Waals surface area contributed by atoms with Crippen LogP contribution in [0.15, 0.2) is 58.3 Å². The zero-order valence-electron chi connectivity index (χ0n) is 18.5. The summed E-state index contributed by atoms with van der Waals surface area (Å²) in [5.74, 6) is -0.317. The van der Waals surface area contributed by atoms with Crippen LogP contribution >= 0.6 is 0 Å². The van der Waals surface area contributed by atoms with Crippen molar-refractivity contribution in [3.05, 3.63) is 69.8 Å². The number of nitrogens with zero attached hydrogens (tertiary/aromatic N) is 3. The molecule has 11 heteroatoms. The van der Waals surface area contributed by atoms with E-state index in [-0.39, 0.29) is 48.3 Å². The molecule has 2 saturated heterocycles. The van der Waals surface area contributed by atoms with E-state index >= 15 is 0 Å². The van der Waals surface area contributed by atoms with Crippen molar-refractivity contribution in [2.24, 2.45) is 5.92 Å². The van der Waals surface area contributed by atoms with E-state index in [2.05, 4.69) is 0 Å². The van der Waals surface area contributed by atoms with Gasteiger partial charge in [0.05, 0.1) is 22.9 Å². The summed E-state index contributed by atoms with van der Waals surface area (Å²) < 4.78 is 55.6. The third kappa shape index (κ3) is 4.42. The molecule has 0 radical (unpaired) electrons. The Balaban J connectivity index is 1.69. The molecule has 0 aliphatic carbocycles. The molecule has 2 aromatic carbocycles. The maximum absolute atomic E-state index is 13.3. The maximum atomic E-state index is 13.3. The minimum Gasteiger partial charge on any atom is -0.264 e. The first-order valence-corrected chi connectivity index (χ1v) is 13.6. The minimum absolute atomic E-state index is 0.0761. The van der Waals surface area contributed by atoms with Crippen molar-refractivity contribution in [3.8, 4) is 0 Å². The molecule has 0 saturated carbocycles. The van der Waals surface area contributed by atoms with Gasteiger partial charge in [-0.15, -0.1) is 0 Å². The molecule has 33 heavy (non-hydrogen) atoms. The summed E-state index contributed by atoms with van der Waals surface area (Å²) in [5, 5.41) is 12.3. The average molecular weight is 494 g/mol. The molecule has 2 atom stereocenters. The van der Waals surface area contributed by atoms with E-state index in [1.165, 1.54) is 24.3 Å². The van der Waals surface area contributed by atoms with Gasteiger partial charge in [-0.3, -0.25) is 10.1 Å². The van der Waals surface area contributed by atoms with Crippen molar-refractivity contribution in [1.29, 1.82) is 0 Å². The number of hydrogen-bond acceptors (Lipinski definition) is 6. The van der Waals surface area contributed by atoms with Gasteiger partial charge in [-0.2, -0.15) is 8.61 Å². The first kappa shape index (κ1) is 23.8. The number of sulfonamides is 2. The molecule has 2 fully saturated rings. The lowest BCUT2D eigenvalue weighted by Gasteiger charge is -2.38. The zero-order chi connectivity index (χ0) is 24.0. The first-order chi connectivity index (χ1) is 15.4. The van der Waals surface area contributed by atoms with Crippen LogP contribution in [0.3, 0.4) is 0 Å². The highest BCUT2D eigenvalue weighted by atomic mass is 32.2. The van der Waals surface area contributed by atoms with Gasteiger partial charge in [0.15, 0.2) is 0 Å². The number of hydrogen-bond donors (Lipinski definition) is 0. The molecule has 2 bridgehead atoms. The second kappa shape index (κ2) is 8.46. The molecule has 2 aliphatic heterocycles. The second-order valence-corrected chi connectivity index (χ2v) is 13.0. The molecule has 178 valence electrons. The van der Waals surface area contributed by atoms with Gasteiger partial charge < -0.3 is 0 Å². The molecule has 2 heterocycles. The Labute approximate surface area is 194 Å². The van der Waals surface area contributed by atoms with Gasteiger partial charge in [0.25, 0.3) is 0 Å². The Morgan fingerprint density at radius 2 is 1.30 bits per heavy atom. The smallest absolute Gasteiger partial charge is 0.249 e. The van der Waals surface area contributed by atoms with E-state index in [1.807, 2.05) is 13.8 Å². The summed E-state index contributed by atoms with van der Waals surface area (Å²) in [5.41, 5.74) is 0.0916.